The molecule has 0 aromatic rings. The molecule has 0 bridgehead atoms. The SMILES string of the molecule is CCC1NC(C)(CC)C(=O)N1CC(C)OC. The molecule has 1 rings (SSSR count). The van der Waals surface area contributed by atoms with Crippen LogP contribution in [0.1, 0.15) is 40.5 Å². The van der Waals surface area contributed by atoms with Crippen LogP contribution in [0.15, 0.2) is 0 Å². The first kappa shape index (κ1) is 13.5. The zero-order valence-electron chi connectivity index (χ0n) is 11.0. The van der Waals surface area contributed by atoms with Gasteiger partial charge in [0.05, 0.1) is 17.8 Å². The summed E-state index contributed by atoms with van der Waals surface area (Å²) in [6.45, 7) is 8.77. The number of hydrogen-bond donors (Lipinski definition) is 1. The van der Waals surface area contributed by atoms with Crippen molar-refractivity contribution in [1.29, 1.82) is 0 Å². The van der Waals surface area contributed by atoms with Crippen LogP contribution in [0.2, 0.25) is 0 Å². The van der Waals surface area contributed by atoms with E-state index in [1.165, 1.54) is 0 Å². The highest BCUT2D eigenvalue weighted by molar-refractivity contribution is 5.88. The summed E-state index contributed by atoms with van der Waals surface area (Å²) in [5.74, 6) is 0.200. The molecule has 0 aromatic carbocycles. The molecule has 0 saturated carbocycles. The van der Waals surface area contributed by atoms with Gasteiger partial charge in [-0.2, -0.15) is 0 Å². The Balaban J connectivity index is 2.78. The summed E-state index contributed by atoms with van der Waals surface area (Å²) < 4.78 is 5.23. The predicted molar refractivity (Wildman–Crippen MR) is 64.1 cm³/mol. The van der Waals surface area contributed by atoms with Gasteiger partial charge >= 0.3 is 0 Å². The lowest BCUT2D eigenvalue weighted by molar-refractivity contribution is -0.134. The monoisotopic (exact) mass is 228 g/mol. The summed E-state index contributed by atoms with van der Waals surface area (Å²) in [4.78, 5) is 14.2. The van der Waals surface area contributed by atoms with E-state index in [0.29, 0.717) is 6.54 Å². The van der Waals surface area contributed by atoms with Gasteiger partial charge in [0.2, 0.25) is 5.91 Å². The van der Waals surface area contributed by atoms with Crippen molar-refractivity contribution in [2.75, 3.05) is 13.7 Å². The summed E-state index contributed by atoms with van der Waals surface area (Å²) >= 11 is 0. The highest BCUT2D eigenvalue weighted by atomic mass is 16.5. The molecule has 94 valence electrons. The Labute approximate surface area is 98.3 Å². The minimum Gasteiger partial charge on any atom is -0.380 e. The molecule has 0 aromatic heterocycles. The summed E-state index contributed by atoms with van der Waals surface area (Å²) in [5.41, 5.74) is -0.395. The molecule has 3 atom stereocenters. The van der Waals surface area contributed by atoms with Crippen molar-refractivity contribution in [3.8, 4) is 0 Å². The van der Waals surface area contributed by atoms with Gasteiger partial charge in [0.15, 0.2) is 0 Å². The lowest BCUT2D eigenvalue weighted by Crippen LogP contribution is -2.43. The Morgan fingerprint density at radius 2 is 2.19 bits per heavy atom. The van der Waals surface area contributed by atoms with Crippen molar-refractivity contribution in [1.82, 2.24) is 10.2 Å². The second-order valence-electron chi connectivity index (χ2n) is 4.76. The van der Waals surface area contributed by atoms with E-state index in [0.717, 1.165) is 12.8 Å². The van der Waals surface area contributed by atoms with Gasteiger partial charge in [-0.1, -0.05) is 13.8 Å². The average Bonchev–Trinajstić information content (AvgIpc) is 2.54. The zero-order valence-corrected chi connectivity index (χ0v) is 11.0. The number of ether oxygens (including phenoxy) is 1. The number of rotatable bonds is 5. The molecule has 1 fully saturated rings. The third-order valence-corrected chi connectivity index (χ3v) is 3.54. The van der Waals surface area contributed by atoms with Crippen molar-refractivity contribution in [3.63, 3.8) is 0 Å². The Morgan fingerprint density at radius 1 is 1.56 bits per heavy atom. The van der Waals surface area contributed by atoms with Crippen LogP contribution in [0, 0.1) is 0 Å². The molecular formula is C12H24N2O2. The van der Waals surface area contributed by atoms with Crippen molar-refractivity contribution in [3.05, 3.63) is 0 Å². The van der Waals surface area contributed by atoms with Crippen LogP contribution in [0.5, 0.6) is 0 Å². The van der Waals surface area contributed by atoms with Crippen molar-refractivity contribution >= 4 is 5.91 Å². The first-order valence-electron chi connectivity index (χ1n) is 6.10. The third kappa shape index (κ3) is 2.38. The third-order valence-electron chi connectivity index (χ3n) is 3.54. The van der Waals surface area contributed by atoms with E-state index in [1.54, 1.807) is 7.11 Å². The predicted octanol–water partition coefficient (Wildman–Crippen LogP) is 1.36. The molecular weight excluding hydrogens is 204 g/mol. The Kier molecular flexibility index (Phi) is 4.33. The van der Waals surface area contributed by atoms with Gasteiger partial charge in [0.1, 0.15) is 0 Å². The fourth-order valence-electron chi connectivity index (χ4n) is 2.10. The molecule has 1 saturated heterocycles. The Hall–Kier alpha value is -0.610. The standard InChI is InChI=1S/C12H24N2O2/c1-6-10-13-12(4,7-2)11(15)14(10)8-9(3)16-5/h9-10,13H,6-8H2,1-5H3. The topological polar surface area (TPSA) is 41.6 Å². The lowest BCUT2D eigenvalue weighted by atomic mass is 9.99. The molecule has 0 radical (unpaired) electrons. The smallest absolute Gasteiger partial charge is 0.243 e. The quantitative estimate of drug-likeness (QED) is 0.772. The van der Waals surface area contributed by atoms with Crippen molar-refractivity contribution in [2.24, 2.45) is 0 Å². The van der Waals surface area contributed by atoms with Crippen LogP contribution in [-0.2, 0) is 9.53 Å². The van der Waals surface area contributed by atoms with Crippen LogP contribution in [0.25, 0.3) is 0 Å². The maximum absolute atomic E-state index is 12.3. The first-order chi connectivity index (χ1) is 7.48. The van der Waals surface area contributed by atoms with Crippen LogP contribution >= 0.6 is 0 Å². The van der Waals surface area contributed by atoms with Gasteiger partial charge in [0, 0.05) is 13.7 Å². The number of carbonyl (C=O) groups is 1. The Bertz CT molecular complexity index is 257. The fourth-order valence-corrected chi connectivity index (χ4v) is 2.10. The molecule has 1 heterocycles. The van der Waals surface area contributed by atoms with E-state index in [4.69, 9.17) is 4.74 Å². The van der Waals surface area contributed by atoms with Gasteiger partial charge < -0.3 is 9.64 Å². The normalized spacial score (nSPS) is 32.2. The fraction of sp³-hybridized carbons (Fsp3) is 0.917. The maximum Gasteiger partial charge on any atom is 0.243 e. The number of methoxy groups -OCH3 is 1. The molecule has 16 heavy (non-hydrogen) atoms. The van der Waals surface area contributed by atoms with Gasteiger partial charge in [-0.15, -0.1) is 0 Å². The van der Waals surface area contributed by atoms with Crippen LogP contribution in [0.4, 0.5) is 0 Å². The Morgan fingerprint density at radius 3 is 2.62 bits per heavy atom. The number of amides is 1. The highest BCUT2D eigenvalue weighted by Crippen LogP contribution is 2.25. The molecule has 4 heteroatoms. The minimum atomic E-state index is -0.395. The van der Waals surface area contributed by atoms with E-state index in [-0.39, 0.29) is 18.2 Å². The maximum atomic E-state index is 12.3. The second-order valence-corrected chi connectivity index (χ2v) is 4.76. The van der Waals surface area contributed by atoms with Gasteiger partial charge in [-0.25, -0.2) is 0 Å². The number of hydrogen-bond acceptors (Lipinski definition) is 3. The summed E-state index contributed by atoms with van der Waals surface area (Å²) in [5, 5.41) is 3.42. The average molecular weight is 228 g/mol. The van der Waals surface area contributed by atoms with E-state index in [2.05, 4.69) is 12.2 Å². The molecule has 1 aliphatic rings. The second kappa shape index (κ2) is 5.15. The summed E-state index contributed by atoms with van der Waals surface area (Å²) in [7, 11) is 1.68. The van der Waals surface area contributed by atoms with Crippen LogP contribution in [0.3, 0.4) is 0 Å². The molecule has 1 amide bonds. The largest absolute Gasteiger partial charge is 0.380 e. The van der Waals surface area contributed by atoms with Gasteiger partial charge in [0.25, 0.3) is 0 Å². The van der Waals surface area contributed by atoms with Crippen molar-refractivity contribution < 1.29 is 9.53 Å². The van der Waals surface area contributed by atoms with Gasteiger partial charge in [-0.3, -0.25) is 10.1 Å². The number of nitrogens with one attached hydrogen (secondary N) is 1. The summed E-state index contributed by atoms with van der Waals surface area (Å²) in [6.07, 6.45) is 1.98. The van der Waals surface area contributed by atoms with Crippen LogP contribution in [-0.4, -0.2) is 42.3 Å². The summed E-state index contributed by atoms with van der Waals surface area (Å²) in [6, 6.07) is 0. The van der Waals surface area contributed by atoms with E-state index >= 15 is 0 Å². The lowest BCUT2D eigenvalue weighted by Gasteiger charge is -2.25. The van der Waals surface area contributed by atoms with Crippen LogP contribution < -0.4 is 5.32 Å². The van der Waals surface area contributed by atoms with Crippen molar-refractivity contribution in [2.45, 2.75) is 58.3 Å². The number of carbonyl (C=O) groups excluding carboxylic acids is 1. The van der Waals surface area contributed by atoms with Gasteiger partial charge in [-0.05, 0) is 26.7 Å². The molecule has 4 nitrogen and oxygen atoms in total. The van der Waals surface area contributed by atoms with E-state index in [1.807, 2.05) is 25.7 Å². The van der Waals surface area contributed by atoms with E-state index < -0.39 is 5.54 Å². The molecule has 1 N–H and O–H groups in total. The minimum absolute atomic E-state index is 0.0824. The zero-order chi connectivity index (χ0) is 12.3. The molecule has 0 spiro atoms. The molecule has 0 aliphatic carbocycles. The molecule has 3 unspecified atom stereocenters. The highest BCUT2D eigenvalue weighted by Gasteiger charge is 2.46. The molecule has 1 aliphatic heterocycles. The van der Waals surface area contributed by atoms with E-state index in [9.17, 15) is 4.79 Å². The number of nitrogens with zero attached hydrogens (tertiary/aromatic N) is 1. The first-order valence-corrected chi connectivity index (χ1v) is 6.10.